The Hall–Kier alpha value is -1.86. The van der Waals surface area contributed by atoms with Gasteiger partial charge in [-0.15, -0.1) is 0 Å². The highest BCUT2D eigenvalue weighted by atomic mass is 31.2. The summed E-state index contributed by atoms with van der Waals surface area (Å²) in [5, 5.41) is 5.34. The second-order valence-electron chi connectivity index (χ2n) is 4.43. The monoisotopic (exact) mass is 272 g/mol. The summed E-state index contributed by atoms with van der Waals surface area (Å²) in [6.07, 6.45) is 0.373. The number of hydrazone groups is 1. The lowest BCUT2D eigenvalue weighted by Gasteiger charge is -2.18. The van der Waals surface area contributed by atoms with Crippen LogP contribution in [0, 0.1) is 0 Å². The second-order valence-corrected chi connectivity index (χ2v) is 7.26. The molecule has 0 aromatic heterocycles. The smallest absolute Gasteiger partial charge is 0.148 e. The van der Waals surface area contributed by atoms with E-state index in [1.807, 2.05) is 60.7 Å². The van der Waals surface area contributed by atoms with Crippen molar-refractivity contribution in [2.45, 2.75) is 6.92 Å². The van der Waals surface area contributed by atoms with Gasteiger partial charge in [-0.3, -0.25) is 0 Å². The highest BCUT2D eigenvalue weighted by Crippen LogP contribution is 2.43. The molecule has 0 saturated carbocycles. The average Bonchev–Trinajstić information content (AvgIpc) is 2.48. The maximum Gasteiger partial charge on any atom is 0.148 e. The van der Waals surface area contributed by atoms with E-state index in [0.29, 0.717) is 11.9 Å². The summed E-state index contributed by atoms with van der Waals surface area (Å²) < 4.78 is 13.4. The van der Waals surface area contributed by atoms with Gasteiger partial charge in [-0.25, -0.2) is 0 Å². The van der Waals surface area contributed by atoms with Crippen LogP contribution in [0.1, 0.15) is 6.92 Å². The number of rotatable bonds is 4. The fourth-order valence-corrected chi connectivity index (χ4v) is 4.73. The first kappa shape index (κ1) is 13.6. The van der Waals surface area contributed by atoms with Crippen molar-refractivity contribution in [2.75, 3.05) is 6.16 Å². The van der Waals surface area contributed by atoms with Gasteiger partial charge in [0.25, 0.3) is 0 Å². The fourth-order valence-electron chi connectivity index (χ4n) is 2.03. The molecule has 0 aliphatic heterocycles. The van der Waals surface area contributed by atoms with Gasteiger partial charge in [-0.1, -0.05) is 60.7 Å². The Kier molecular flexibility index (Phi) is 4.18. The number of benzene rings is 2. The van der Waals surface area contributed by atoms with Crippen LogP contribution >= 0.6 is 7.14 Å². The van der Waals surface area contributed by atoms with Crippen molar-refractivity contribution in [1.82, 2.24) is 0 Å². The van der Waals surface area contributed by atoms with E-state index in [0.717, 1.165) is 10.6 Å². The van der Waals surface area contributed by atoms with E-state index in [2.05, 4.69) is 5.10 Å². The van der Waals surface area contributed by atoms with Crippen LogP contribution in [-0.2, 0) is 4.57 Å². The lowest BCUT2D eigenvalue weighted by molar-refractivity contribution is 0.589. The van der Waals surface area contributed by atoms with Crippen LogP contribution in [0.4, 0.5) is 0 Å². The molecule has 19 heavy (non-hydrogen) atoms. The van der Waals surface area contributed by atoms with E-state index in [1.165, 1.54) is 0 Å². The van der Waals surface area contributed by atoms with E-state index in [-0.39, 0.29) is 0 Å². The van der Waals surface area contributed by atoms with E-state index < -0.39 is 7.14 Å². The molecule has 2 rings (SSSR count). The molecule has 2 aromatic rings. The minimum Gasteiger partial charge on any atom is -0.323 e. The Balaban J connectivity index is 2.54. The van der Waals surface area contributed by atoms with Crippen molar-refractivity contribution < 1.29 is 4.57 Å². The van der Waals surface area contributed by atoms with Gasteiger partial charge in [0.1, 0.15) is 7.14 Å². The maximum absolute atomic E-state index is 13.4. The third-order valence-corrected chi connectivity index (χ3v) is 6.19. The lowest BCUT2D eigenvalue weighted by Crippen LogP contribution is -2.21. The van der Waals surface area contributed by atoms with E-state index in [9.17, 15) is 4.57 Å². The maximum atomic E-state index is 13.4. The second kappa shape index (κ2) is 5.85. The van der Waals surface area contributed by atoms with Crippen molar-refractivity contribution in [3.05, 3.63) is 60.7 Å². The van der Waals surface area contributed by atoms with Crippen molar-refractivity contribution in [3.8, 4) is 0 Å². The molecule has 0 aliphatic rings. The summed E-state index contributed by atoms with van der Waals surface area (Å²) in [6.45, 7) is 1.80. The first-order valence-electron chi connectivity index (χ1n) is 6.10. The number of hydrogen-bond acceptors (Lipinski definition) is 3. The fraction of sp³-hybridized carbons (Fsp3) is 0.133. The van der Waals surface area contributed by atoms with Crippen LogP contribution in [-0.4, -0.2) is 11.9 Å². The van der Waals surface area contributed by atoms with E-state index in [4.69, 9.17) is 5.84 Å². The molecule has 0 atom stereocenters. The predicted molar refractivity (Wildman–Crippen MR) is 81.9 cm³/mol. The topological polar surface area (TPSA) is 55.5 Å². The first-order chi connectivity index (χ1) is 9.16. The Bertz CT molecular complexity index is 565. The molecule has 0 spiro atoms. The zero-order chi connectivity index (χ0) is 13.7. The van der Waals surface area contributed by atoms with E-state index in [1.54, 1.807) is 6.92 Å². The minimum absolute atomic E-state index is 0.373. The Morgan fingerprint density at radius 2 is 1.42 bits per heavy atom. The van der Waals surface area contributed by atoms with Gasteiger partial charge >= 0.3 is 0 Å². The summed E-state index contributed by atoms with van der Waals surface area (Å²) in [6, 6.07) is 19.1. The van der Waals surface area contributed by atoms with Crippen molar-refractivity contribution in [2.24, 2.45) is 10.9 Å². The molecule has 3 nitrogen and oxygen atoms in total. The summed E-state index contributed by atoms with van der Waals surface area (Å²) >= 11 is 0. The summed E-state index contributed by atoms with van der Waals surface area (Å²) in [5.41, 5.74) is 0.691. The molecule has 0 saturated heterocycles. The Morgan fingerprint density at radius 1 is 1.00 bits per heavy atom. The van der Waals surface area contributed by atoms with Crippen LogP contribution in [0.3, 0.4) is 0 Å². The van der Waals surface area contributed by atoms with Gasteiger partial charge in [0.2, 0.25) is 0 Å². The molecule has 4 heteroatoms. The molecule has 0 aliphatic carbocycles. The van der Waals surface area contributed by atoms with Crippen LogP contribution in [0.25, 0.3) is 0 Å². The summed E-state index contributed by atoms with van der Waals surface area (Å²) in [4.78, 5) is 0. The molecular weight excluding hydrogens is 255 g/mol. The van der Waals surface area contributed by atoms with Gasteiger partial charge in [0.15, 0.2) is 0 Å². The van der Waals surface area contributed by atoms with Gasteiger partial charge in [0.05, 0.1) is 0 Å². The third kappa shape index (κ3) is 2.94. The van der Waals surface area contributed by atoms with Crippen LogP contribution in [0.15, 0.2) is 65.8 Å². The van der Waals surface area contributed by atoms with Crippen molar-refractivity contribution >= 4 is 23.5 Å². The van der Waals surface area contributed by atoms with Gasteiger partial charge in [-0.05, 0) is 6.92 Å². The lowest BCUT2D eigenvalue weighted by atomic mass is 10.4. The molecule has 98 valence electrons. The molecule has 0 fully saturated rings. The normalized spacial score (nSPS) is 12.4. The minimum atomic E-state index is -2.71. The summed E-state index contributed by atoms with van der Waals surface area (Å²) in [7, 11) is -2.71. The Morgan fingerprint density at radius 3 is 1.79 bits per heavy atom. The number of hydrogen-bond donors (Lipinski definition) is 1. The van der Waals surface area contributed by atoms with Gasteiger partial charge < -0.3 is 10.4 Å². The Labute approximate surface area is 113 Å². The third-order valence-electron chi connectivity index (χ3n) is 3.02. The predicted octanol–water partition coefficient (Wildman–Crippen LogP) is 2.34. The molecule has 0 radical (unpaired) electrons. The highest BCUT2D eigenvalue weighted by molar-refractivity contribution is 7.79. The molecule has 2 aromatic carbocycles. The molecule has 0 unspecified atom stereocenters. The zero-order valence-electron chi connectivity index (χ0n) is 10.9. The average molecular weight is 272 g/mol. The molecule has 2 N–H and O–H groups in total. The quantitative estimate of drug-likeness (QED) is 0.402. The van der Waals surface area contributed by atoms with Crippen LogP contribution in [0.5, 0.6) is 0 Å². The van der Waals surface area contributed by atoms with Crippen molar-refractivity contribution in [3.63, 3.8) is 0 Å². The standard InChI is InChI=1S/C15H17N2OP/c1-13(17-16)12-19(18,14-8-4-2-5-9-14)15-10-6-3-7-11-15/h2-11H,12,16H2,1H3/b17-13+. The van der Waals surface area contributed by atoms with E-state index >= 15 is 0 Å². The zero-order valence-corrected chi connectivity index (χ0v) is 11.8. The number of nitrogens with two attached hydrogens (primary N) is 1. The van der Waals surface area contributed by atoms with Gasteiger partial charge in [-0.2, -0.15) is 5.10 Å². The van der Waals surface area contributed by atoms with Gasteiger partial charge in [0, 0.05) is 22.5 Å². The molecular formula is C15H17N2OP. The molecule has 0 bridgehead atoms. The van der Waals surface area contributed by atoms with Crippen LogP contribution < -0.4 is 16.5 Å². The largest absolute Gasteiger partial charge is 0.323 e. The first-order valence-corrected chi connectivity index (χ1v) is 7.99. The van der Waals surface area contributed by atoms with Crippen LogP contribution in [0.2, 0.25) is 0 Å². The molecule has 0 heterocycles. The summed E-state index contributed by atoms with van der Waals surface area (Å²) in [5.74, 6) is 5.30. The van der Waals surface area contributed by atoms with Crippen molar-refractivity contribution in [1.29, 1.82) is 0 Å². The highest BCUT2D eigenvalue weighted by Gasteiger charge is 2.27. The number of nitrogens with zero attached hydrogens (tertiary/aromatic N) is 1. The molecule has 0 amide bonds. The SMILES string of the molecule is C/C(CP(=O)(c1ccccc1)c1ccccc1)=N\N.